The molecule has 6 amide bonds. The third-order valence-electron chi connectivity index (χ3n) is 12.2. The van der Waals surface area contributed by atoms with Gasteiger partial charge < -0.3 is 76.9 Å². The molecule has 86 heavy (non-hydrogen) atoms. The smallest absolute Gasteiger partial charge is 0.326 e. The second-order valence-electron chi connectivity index (χ2n) is 19.1. The Hall–Kier alpha value is -6.36. The Kier molecular flexibility index (Phi) is 66.2. The Bertz CT molecular complexity index is 1910. The van der Waals surface area contributed by atoms with Crippen molar-refractivity contribution < 1.29 is 77.1 Å². The van der Waals surface area contributed by atoms with Crippen molar-refractivity contribution in [1.29, 1.82) is 0 Å². The number of ether oxygens (including phenoxy) is 4. The summed E-state index contributed by atoms with van der Waals surface area (Å²) in [5.74, 6) is -4.53. The lowest BCUT2D eigenvalue weighted by Crippen LogP contribution is -2.51. The van der Waals surface area contributed by atoms with Crippen molar-refractivity contribution >= 4 is 59.5 Å². The van der Waals surface area contributed by atoms with E-state index in [0.29, 0.717) is 64.9 Å². The topological polar surface area (TPSA) is 358 Å². The second-order valence-corrected chi connectivity index (χ2v) is 19.1. The number of nitrogens with one attached hydrogen (secondary N) is 7. The standard InChI is InChI=1S/C29H52N2O9.C27H44N6O7.2C2H6.C2H2/c32-20-22-40-24-23-39-21-19-30-26(33)18-17-25(29(37)38)31-27(34)15-13-11-9-7-5-3-1-2-4-6-8-10-12-14-16-28(35)36;1-20(34)23(16-21-8-4-3-5-9-21)33-25(36)18-31-27(38)22(32-24(35)17-28)10-6-7-11-30-26(37)19-40-15-14-39-13-12-29-2;3*1-2/h20,25H,1-19,21-24H2,(H,30,33)(H,31,34)(H,35,36)(H,37,38);3-5,8-9,22-23,29H,6-7,10-19,28H2,1-2H3,(H,30,37)(H,31,38)(H,32,35)(H,33,36);2*1-2H3;1-2H/t25-;22-,23-;;;/m00.../s1. The number of unbranched alkanes of at least 4 members (excludes halogenated alkanes) is 14. The van der Waals surface area contributed by atoms with Crippen LogP contribution in [0.5, 0.6) is 0 Å². The molecule has 0 aromatic heterocycles. The molecule has 0 saturated heterocycles. The summed E-state index contributed by atoms with van der Waals surface area (Å²) in [5, 5.41) is 36.5. The summed E-state index contributed by atoms with van der Waals surface area (Å²) in [7, 11) is 1.83. The maximum atomic E-state index is 12.7. The summed E-state index contributed by atoms with van der Waals surface area (Å²) >= 11 is 0. The largest absolute Gasteiger partial charge is 0.481 e. The highest BCUT2D eigenvalue weighted by Crippen LogP contribution is 2.14. The molecule has 0 fully saturated rings. The van der Waals surface area contributed by atoms with Gasteiger partial charge >= 0.3 is 11.9 Å². The van der Waals surface area contributed by atoms with Gasteiger partial charge in [-0.25, -0.2) is 4.79 Å². The van der Waals surface area contributed by atoms with Crippen LogP contribution in [-0.4, -0.2) is 180 Å². The predicted molar refractivity (Wildman–Crippen MR) is 333 cm³/mol. The van der Waals surface area contributed by atoms with E-state index < -0.39 is 47.8 Å². The Labute approximate surface area is 513 Å². The van der Waals surface area contributed by atoms with Crippen molar-refractivity contribution in [3.63, 3.8) is 0 Å². The molecule has 0 radical (unpaired) electrons. The fraction of sp³-hybridized carbons (Fsp3) is 0.710. The summed E-state index contributed by atoms with van der Waals surface area (Å²) in [6.07, 6.45) is 26.2. The van der Waals surface area contributed by atoms with E-state index in [1.807, 2.05) is 65.1 Å². The fourth-order valence-electron chi connectivity index (χ4n) is 7.70. The second kappa shape index (κ2) is 66.2. The molecule has 11 N–H and O–H groups in total. The molecule has 1 aromatic carbocycles. The molecule has 1 rings (SSSR count). The van der Waals surface area contributed by atoms with E-state index in [-0.39, 0.29) is 102 Å². The molecule has 0 spiro atoms. The normalized spacial score (nSPS) is 11.2. The first-order valence-electron chi connectivity index (χ1n) is 30.7. The van der Waals surface area contributed by atoms with Gasteiger partial charge in [0.05, 0.1) is 58.8 Å². The number of hydrogen-bond donors (Lipinski definition) is 10. The molecule has 0 unspecified atom stereocenters. The zero-order valence-electron chi connectivity index (χ0n) is 52.8. The molecule has 3 atom stereocenters. The van der Waals surface area contributed by atoms with Crippen molar-refractivity contribution in [2.75, 3.05) is 92.6 Å². The fourth-order valence-corrected chi connectivity index (χ4v) is 7.70. The highest BCUT2D eigenvalue weighted by atomic mass is 16.5. The molecule has 0 heterocycles. The number of carbonyl (C=O) groups is 10. The van der Waals surface area contributed by atoms with Crippen molar-refractivity contribution in [2.45, 2.75) is 194 Å². The average Bonchev–Trinajstić information content (AvgIpc) is 3.72. The lowest BCUT2D eigenvalue weighted by molar-refractivity contribution is -0.142. The van der Waals surface area contributed by atoms with Gasteiger partial charge in [0, 0.05) is 38.9 Å². The molecule has 24 heteroatoms. The van der Waals surface area contributed by atoms with Gasteiger partial charge in [-0.15, -0.1) is 12.8 Å². The number of carboxylic acid groups (broad SMARTS) is 2. The minimum atomic E-state index is -1.16. The van der Waals surface area contributed by atoms with E-state index in [1.165, 1.54) is 51.9 Å². The molecular formula is C62H110N8O16. The molecule has 494 valence electrons. The Morgan fingerprint density at radius 3 is 1.55 bits per heavy atom. The van der Waals surface area contributed by atoms with Crippen LogP contribution in [0.4, 0.5) is 0 Å². The number of benzene rings is 1. The van der Waals surface area contributed by atoms with Crippen LogP contribution in [0.25, 0.3) is 0 Å². The van der Waals surface area contributed by atoms with Crippen molar-refractivity contribution in [1.82, 2.24) is 37.2 Å². The first-order valence-corrected chi connectivity index (χ1v) is 30.7. The number of likely N-dealkylation sites (N-methyl/N-ethyl adjacent to an activating group) is 1. The molecule has 0 aliphatic carbocycles. The van der Waals surface area contributed by atoms with Crippen molar-refractivity contribution in [2.24, 2.45) is 5.73 Å². The number of hydrogen-bond acceptors (Lipinski definition) is 16. The van der Waals surface area contributed by atoms with Gasteiger partial charge in [0.25, 0.3) is 0 Å². The van der Waals surface area contributed by atoms with E-state index in [2.05, 4.69) is 50.1 Å². The maximum Gasteiger partial charge on any atom is 0.326 e. The predicted octanol–water partition coefficient (Wildman–Crippen LogP) is 4.71. The van der Waals surface area contributed by atoms with Gasteiger partial charge in [0.2, 0.25) is 35.4 Å². The number of nitrogens with two attached hydrogens (primary N) is 1. The SMILES string of the molecule is C#C.CC.CC.CNCCOCCOCC(=O)NCCCC[C@H](NC(=O)CN)C(=O)NCC(=O)N[C@@H](Cc1ccccc1)C(C)=O.O=CCOCCOCCNC(=O)CC[C@H](NC(=O)CCCCCCCCCCCCCCCCC(=O)O)C(=O)O. The molecule has 24 nitrogen and oxygen atoms in total. The van der Waals surface area contributed by atoms with E-state index in [0.717, 1.165) is 50.6 Å². The van der Waals surface area contributed by atoms with Crippen LogP contribution in [0.1, 0.15) is 175 Å². The first-order chi connectivity index (χ1) is 41.6. The zero-order valence-corrected chi connectivity index (χ0v) is 52.8. The van der Waals surface area contributed by atoms with E-state index in [9.17, 15) is 53.1 Å². The summed E-state index contributed by atoms with van der Waals surface area (Å²) in [5.41, 5.74) is 6.26. The number of ketones is 1. The molecule has 0 bridgehead atoms. The first kappa shape index (κ1) is 86.1. The van der Waals surface area contributed by atoms with Gasteiger partial charge in [0.1, 0.15) is 31.6 Å². The Morgan fingerprint density at radius 2 is 1.02 bits per heavy atom. The van der Waals surface area contributed by atoms with Gasteiger partial charge in [-0.2, -0.15) is 0 Å². The molecule has 0 saturated carbocycles. The maximum absolute atomic E-state index is 12.7. The van der Waals surface area contributed by atoms with Crippen LogP contribution < -0.4 is 43.0 Å². The minimum absolute atomic E-state index is 0.0140. The van der Waals surface area contributed by atoms with Gasteiger partial charge in [0.15, 0.2) is 5.78 Å². The van der Waals surface area contributed by atoms with Crippen molar-refractivity contribution in [3.8, 4) is 12.8 Å². The zero-order chi connectivity index (χ0) is 65.3. The molecule has 0 aliphatic heterocycles. The molecule has 0 aliphatic rings. The van der Waals surface area contributed by atoms with Gasteiger partial charge in [-0.05, 0) is 64.5 Å². The summed E-state index contributed by atoms with van der Waals surface area (Å²) in [6, 6.07) is 6.54. The lowest BCUT2D eigenvalue weighted by Gasteiger charge is -2.19. The molecular weight excluding hydrogens is 1110 g/mol. The number of carboxylic acids is 2. The van der Waals surface area contributed by atoms with Crippen molar-refractivity contribution in [3.05, 3.63) is 35.9 Å². The summed E-state index contributed by atoms with van der Waals surface area (Å²) in [4.78, 5) is 117. The Balaban J connectivity index is -0.000000719. The number of amides is 6. The van der Waals surface area contributed by atoms with Crippen LogP contribution in [0.2, 0.25) is 0 Å². The van der Waals surface area contributed by atoms with Crippen LogP contribution in [0.3, 0.4) is 0 Å². The number of terminal acetylenes is 1. The number of aldehydes is 1. The van der Waals surface area contributed by atoms with E-state index in [4.69, 9.17) is 29.8 Å². The van der Waals surface area contributed by atoms with Crippen LogP contribution in [-0.2, 0) is 73.3 Å². The van der Waals surface area contributed by atoms with Crippen LogP contribution in [0, 0.1) is 12.8 Å². The Morgan fingerprint density at radius 1 is 0.523 bits per heavy atom. The van der Waals surface area contributed by atoms with Crippen LogP contribution >= 0.6 is 0 Å². The van der Waals surface area contributed by atoms with Gasteiger partial charge in [-0.1, -0.05) is 135 Å². The third-order valence-corrected chi connectivity index (χ3v) is 12.2. The quantitative estimate of drug-likeness (QED) is 0.0240. The van der Waals surface area contributed by atoms with E-state index >= 15 is 0 Å². The molecule has 1 aromatic rings. The highest BCUT2D eigenvalue weighted by molar-refractivity contribution is 5.93. The van der Waals surface area contributed by atoms with Gasteiger partial charge in [-0.3, -0.25) is 38.4 Å². The third kappa shape index (κ3) is 59.4. The summed E-state index contributed by atoms with van der Waals surface area (Å²) in [6.45, 7) is 12.2. The number of Topliss-reactive ketones (excluding diaryl/α,β-unsaturated/α-hetero) is 1. The average molecular weight is 1220 g/mol. The monoisotopic (exact) mass is 1220 g/mol. The number of rotatable bonds is 52. The minimum Gasteiger partial charge on any atom is -0.481 e. The summed E-state index contributed by atoms with van der Waals surface area (Å²) < 4.78 is 20.7. The lowest BCUT2D eigenvalue weighted by atomic mass is 10.0. The van der Waals surface area contributed by atoms with E-state index in [1.54, 1.807) is 0 Å². The number of carbonyl (C=O) groups excluding carboxylic acids is 8. The number of aliphatic carboxylic acids is 2. The highest BCUT2D eigenvalue weighted by Gasteiger charge is 2.23. The van der Waals surface area contributed by atoms with Crippen LogP contribution in [0.15, 0.2) is 30.3 Å².